The van der Waals surface area contributed by atoms with Crippen LogP contribution >= 0.6 is 0 Å². The third-order valence-corrected chi connectivity index (χ3v) is 2.12. The van der Waals surface area contributed by atoms with Crippen molar-refractivity contribution in [3.05, 3.63) is 45.3 Å². The standard InChI is InChI=1S/C12H11N3O2/c1-9-5-4-7-11(12(16)17)10(9)6-2-3-8-14-15-13/h4-5,7H,3,8H2,1H3,(H,16,17). The van der Waals surface area contributed by atoms with Crippen molar-refractivity contribution in [2.45, 2.75) is 13.3 Å². The van der Waals surface area contributed by atoms with E-state index in [1.54, 1.807) is 6.07 Å². The van der Waals surface area contributed by atoms with E-state index in [4.69, 9.17) is 10.6 Å². The first-order valence-corrected chi connectivity index (χ1v) is 4.99. The Bertz CT molecular complexity index is 534. The van der Waals surface area contributed by atoms with Crippen LogP contribution in [0.5, 0.6) is 0 Å². The lowest BCUT2D eigenvalue weighted by atomic mass is 10.0. The van der Waals surface area contributed by atoms with Gasteiger partial charge in [-0.15, -0.1) is 0 Å². The molecule has 86 valence electrons. The number of aromatic carboxylic acids is 1. The van der Waals surface area contributed by atoms with Crippen LogP contribution in [0.1, 0.15) is 27.9 Å². The van der Waals surface area contributed by atoms with E-state index in [0.717, 1.165) is 5.56 Å². The summed E-state index contributed by atoms with van der Waals surface area (Å²) >= 11 is 0. The number of benzene rings is 1. The Hall–Kier alpha value is -2.44. The predicted octanol–water partition coefficient (Wildman–Crippen LogP) is 2.75. The molecular weight excluding hydrogens is 218 g/mol. The van der Waals surface area contributed by atoms with Crippen molar-refractivity contribution < 1.29 is 9.90 Å². The van der Waals surface area contributed by atoms with Gasteiger partial charge in [0.15, 0.2) is 0 Å². The summed E-state index contributed by atoms with van der Waals surface area (Å²) in [6.45, 7) is 2.10. The van der Waals surface area contributed by atoms with Crippen molar-refractivity contribution in [1.29, 1.82) is 0 Å². The van der Waals surface area contributed by atoms with Crippen molar-refractivity contribution in [2.75, 3.05) is 6.54 Å². The van der Waals surface area contributed by atoms with E-state index in [0.29, 0.717) is 12.0 Å². The number of hydrogen-bond donors (Lipinski definition) is 1. The maximum absolute atomic E-state index is 11.0. The first-order chi connectivity index (χ1) is 8.16. The molecule has 0 atom stereocenters. The van der Waals surface area contributed by atoms with E-state index in [-0.39, 0.29) is 12.1 Å². The zero-order valence-electron chi connectivity index (χ0n) is 9.34. The molecule has 17 heavy (non-hydrogen) atoms. The summed E-state index contributed by atoms with van der Waals surface area (Å²) < 4.78 is 0. The predicted molar refractivity (Wildman–Crippen MR) is 63.6 cm³/mol. The molecule has 0 aromatic heterocycles. The van der Waals surface area contributed by atoms with Gasteiger partial charge in [0, 0.05) is 23.4 Å². The number of hydrogen-bond acceptors (Lipinski definition) is 2. The van der Waals surface area contributed by atoms with Crippen molar-refractivity contribution >= 4 is 5.97 Å². The van der Waals surface area contributed by atoms with Crippen LogP contribution in [0, 0.1) is 18.8 Å². The van der Waals surface area contributed by atoms with E-state index < -0.39 is 5.97 Å². The van der Waals surface area contributed by atoms with Crippen LogP contribution in [0.3, 0.4) is 0 Å². The fourth-order valence-electron chi connectivity index (χ4n) is 1.31. The van der Waals surface area contributed by atoms with E-state index in [1.807, 2.05) is 13.0 Å². The van der Waals surface area contributed by atoms with Crippen LogP contribution in [-0.4, -0.2) is 17.6 Å². The molecule has 1 aromatic rings. The maximum atomic E-state index is 11.0. The van der Waals surface area contributed by atoms with Crippen LogP contribution in [0.4, 0.5) is 0 Å². The Kier molecular flexibility index (Phi) is 4.61. The molecule has 1 rings (SSSR count). The van der Waals surface area contributed by atoms with Crippen LogP contribution in [-0.2, 0) is 0 Å². The van der Waals surface area contributed by atoms with Crippen LogP contribution < -0.4 is 0 Å². The van der Waals surface area contributed by atoms with Gasteiger partial charge in [0.05, 0.1) is 5.56 Å². The lowest BCUT2D eigenvalue weighted by Crippen LogP contribution is -2.01. The second kappa shape index (κ2) is 6.21. The third kappa shape index (κ3) is 3.56. The lowest BCUT2D eigenvalue weighted by molar-refractivity contribution is 0.0696. The van der Waals surface area contributed by atoms with Gasteiger partial charge < -0.3 is 5.11 Å². The molecule has 0 aliphatic heterocycles. The number of carboxylic acid groups (broad SMARTS) is 1. The maximum Gasteiger partial charge on any atom is 0.336 e. The molecule has 0 unspecified atom stereocenters. The first kappa shape index (κ1) is 12.6. The van der Waals surface area contributed by atoms with E-state index in [1.165, 1.54) is 6.07 Å². The van der Waals surface area contributed by atoms with Crippen LogP contribution in [0.25, 0.3) is 10.4 Å². The number of carbonyl (C=O) groups is 1. The summed E-state index contributed by atoms with van der Waals surface area (Å²) in [4.78, 5) is 13.6. The van der Waals surface area contributed by atoms with Crippen LogP contribution in [0.15, 0.2) is 23.3 Å². The van der Waals surface area contributed by atoms with Gasteiger partial charge in [-0.25, -0.2) is 4.79 Å². The fourth-order valence-corrected chi connectivity index (χ4v) is 1.31. The monoisotopic (exact) mass is 229 g/mol. The zero-order chi connectivity index (χ0) is 12.7. The summed E-state index contributed by atoms with van der Waals surface area (Å²) in [6, 6.07) is 5.01. The Balaban J connectivity index is 2.96. The molecule has 0 fully saturated rings. The fraction of sp³-hybridized carbons (Fsp3) is 0.250. The van der Waals surface area contributed by atoms with Gasteiger partial charge in [-0.1, -0.05) is 29.1 Å². The van der Waals surface area contributed by atoms with Crippen molar-refractivity contribution in [2.24, 2.45) is 5.11 Å². The summed E-state index contributed by atoms with van der Waals surface area (Å²) in [5, 5.41) is 12.3. The smallest absolute Gasteiger partial charge is 0.336 e. The van der Waals surface area contributed by atoms with E-state index in [9.17, 15) is 4.79 Å². The summed E-state index contributed by atoms with van der Waals surface area (Å²) in [5.41, 5.74) is 9.61. The highest BCUT2D eigenvalue weighted by Gasteiger charge is 2.09. The van der Waals surface area contributed by atoms with E-state index in [2.05, 4.69) is 21.9 Å². The summed E-state index contributed by atoms with van der Waals surface area (Å²) in [5.74, 6) is 4.61. The van der Waals surface area contributed by atoms with Crippen LogP contribution in [0.2, 0.25) is 0 Å². The number of nitrogens with zero attached hydrogens (tertiary/aromatic N) is 3. The topological polar surface area (TPSA) is 86.1 Å². The Labute approximate surface area is 98.7 Å². The molecule has 0 bridgehead atoms. The minimum atomic E-state index is -0.993. The minimum absolute atomic E-state index is 0.196. The van der Waals surface area contributed by atoms with Gasteiger partial charge in [0.2, 0.25) is 0 Å². The summed E-state index contributed by atoms with van der Waals surface area (Å²) in [6.07, 6.45) is 0.414. The molecule has 0 aliphatic carbocycles. The third-order valence-electron chi connectivity index (χ3n) is 2.12. The zero-order valence-corrected chi connectivity index (χ0v) is 9.34. The second-order valence-corrected chi connectivity index (χ2v) is 3.31. The molecule has 5 nitrogen and oxygen atoms in total. The highest BCUT2D eigenvalue weighted by Crippen LogP contribution is 2.12. The molecule has 0 radical (unpaired) electrons. The second-order valence-electron chi connectivity index (χ2n) is 3.31. The Morgan fingerprint density at radius 3 is 3.00 bits per heavy atom. The Morgan fingerprint density at radius 2 is 2.35 bits per heavy atom. The first-order valence-electron chi connectivity index (χ1n) is 4.99. The quantitative estimate of drug-likeness (QED) is 0.284. The lowest BCUT2D eigenvalue weighted by Gasteiger charge is -2.02. The van der Waals surface area contributed by atoms with E-state index >= 15 is 0 Å². The number of carboxylic acids is 1. The molecule has 0 saturated carbocycles. The molecule has 0 amide bonds. The molecule has 0 heterocycles. The van der Waals surface area contributed by atoms with Gasteiger partial charge in [0.25, 0.3) is 0 Å². The Morgan fingerprint density at radius 1 is 1.59 bits per heavy atom. The number of rotatable bonds is 3. The highest BCUT2D eigenvalue weighted by molar-refractivity contribution is 5.91. The molecule has 0 saturated heterocycles. The van der Waals surface area contributed by atoms with Crippen molar-refractivity contribution in [3.63, 3.8) is 0 Å². The van der Waals surface area contributed by atoms with Crippen molar-refractivity contribution in [1.82, 2.24) is 0 Å². The molecule has 1 aromatic carbocycles. The molecule has 0 spiro atoms. The van der Waals surface area contributed by atoms with Gasteiger partial charge >= 0.3 is 5.97 Å². The number of aryl methyl sites for hydroxylation is 1. The average molecular weight is 229 g/mol. The molecular formula is C12H11N3O2. The highest BCUT2D eigenvalue weighted by atomic mass is 16.4. The molecule has 0 aliphatic rings. The minimum Gasteiger partial charge on any atom is -0.478 e. The van der Waals surface area contributed by atoms with Gasteiger partial charge in [-0.2, -0.15) is 0 Å². The van der Waals surface area contributed by atoms with Gasteiger partial charge in [-0.3, -0.25) is 0 Å². The molecule has 5 heteroatoms. The molecule has 1 N–H and O–H groups in total. The van der Waals surface area contributed by atoms with Gasteiger partial charge in [-0.05, 0) is 24.1 Å². The van der Waals surface area contributed by atoms with Crippen molar-refractivity contribution in [3.8, 4) is 11.8 Å². The SMILES string of the molecule is Cc1cccc(C(=O)O)c1C#CCCN=[N+]=[N-]. The summed E-state index contributed by atoms with van der Waals surface area (Å²) in [7, 11) is 0. The number of azide groups is 1. The normalized spacial score (nSPS) is 8.76. The van der Waals surface area contributed by atoms with Gasteiger partial charge in [0.1, 0.15) is 0 Å². The largest absolute Gasteiger partial charge is 0.478 e. The average Bonchev–Trinajstić information content (AvgIpc) is 2.30.